The second-order valence-corrected chi connectivity index (χ2v) is 4.88. The summed E-state index contributed by atoms with van der Waals surface area (Å²) < 4.78 is 5.20. The van der Waals surface area contributed by atoms with Crippen LogP contribution in [0.2, 0.25) is 0 Å². The van der Waals surface area contributed by atoms with Crippen molar-refractivity contribution in [2.45, 2.75) is 25.4 Å². The smallest absolute Gasteiger partial charge is 0.0589 e. The van der Waals surface area contributed by atoms with Crippen LogP contribution in [0.3, 0.4) is 0 Å². The van der Waals surface area contributed by atoms with Crippen molar-refractivity contribution < 1.29 is 4.74 Å². The molecule has 0 aliphatic carbocycles. The highest BCUT2D eigenvalue weighted by Gasteiger charge is 2.17. The van der Waals surface area contributed by atoms with Crippen LogP contribution in [-0.2, 0) is 11.3 Å². The van der Waals surface area contributed by atoms with Gasteiger partial charge in [-0.3, -0.25) is 9.88 Å². The zero-order valence-electron chi connectivity index (χ0n) is 11.1. The molecule has 1 atom stereocenters. The largest absolute Gasteiger partial charge is 0.383 e. The Morgan fingerprint density at radius 3 is 2.94 bits per heavy atom. The van der Waals surface area contributed by atoms with Crippen molar-refractivity contribution in [3.63, 3.8) is 0 Å². The van der Waals surface area contributed by atoms with Crippen molar-refractivity contribution in [1.82, 2.24) is 15.2 Å². The maximum absolute atomic E-state index is 5.20. The molecule has 1 saturated heterocycles. The van der Waals surface area contributed by atoms with Gasteiger partial charge in [0.2, 0.25) is 0 Å². The molecular weight excluding hydrogens is 226 g/mol. The van der Waals surface area contributed by atoms with E-state index in [0.717, 1.165) is 32.8 Å². The Labute approximate surface area is 109 Å². The number of hydrogen-bond acceptors (Lipinski definition) is 4. The highest BCUT2D eigenvalue weighted by atomic mass is 16.5. The number of pyridine rings is 1. The Morgan fingerprint density at radius 2 is 2.28 bits per heavy atom. The molecule has 0 bridgehead atoms. The Morgan fingerprint density at radius 1 is 1.44 bits per heavy atom. The number of nitrogens with zero attached hydrogens (tertiary/aromatic N) is 2. The van der Waals surface area contributed by atoms with Gasteiger partial charge >= 0.3 is 0 Å². The molecule has 18 heavy (non-hydrogen) atoms. The molecule has 100 valence electrons. The average molecular weight is 249 g/mol. The van der Waals surface area contributed by atoms with Crippen LogP contribution in [0.1, 0.15) is 18.4 Å². The molecule has 1 aromatic rings. The molecule has 0 spiro atoms. The van der Waals surface area contributed by atoms with Crippen LogP contribution < -0.4 is 5.32 Å². The summed E-state index contributed by atoms with van der Waals surface area (Å²) >= 11 is 0. The van der Waals surface area contributed by atoms with Gasteiger partial charge in [0.05, 0.1) is 6.61 Å². The summed E-state index contributed by atoms with van der Waals surface area (Å²) in [5, 5.41) is 3.55. The summed E-state index contributed by atoms with van der Waals surface area (Å²) in [4.78, 5) is 6.52. The van der Waals surface area contributed by atoms with E-state index in [4.69, 9.17) is 4.74 Å². The number of aromatic nitrogens is 1. The second kappa shape index (κ2) is 7.46. The van der Waals surface area contributed by atoms with E-state index >= 15 is 0 Å². The fourth-order valence-electron chi connectivity index (χ4n) is 2.43. The van der Waals surface area contributed by atoms with Crippen LogP contribution in [0, 0.1) is 0 Å². The first kappa shape index (κ1) is 13.5. The summed E-state index contributed by atoms with van der Waals surface area (Å²) in [7, 11) is 1.76. The van der Waals surface area contributed by atoms with Crippen molar-refractivity contribution in [3.05, 3.63) is 30.1 Å². The molecule has 1 unspecified atom stereocenters. The third-order valence-corrected chi connectivity index (χ3v) is 3.41. The molecule has 1 aliphatic heterocycles. The predicted octanol–water partition coefficient (Wildman–Crippen LogP) is 1.28. The average Bonchev–Trinajstić information content (AvgIpc) is 2.90. The number of ether oxygens (including phenoxy) is 1. The predicted molar refractivity (Wildman–Crippen MR) is 72.4 cm³/mol. The molecule has 1 fully saturated rings. The van der Waals surface area contributed by atoms with Crippen LogP contribution in [-0.4, -0.2) is 49.3 Å². The first-order chi connectivity index (χ1) is 8.88. The van der Waals surface area contributed by atoms with E-state index in [1.807, 2.05) is 12.4 Å². The van der Waals surface area contributed by atoms with Gasteiger partial charge in [0.15, 0.2) is 0 Å². The van der Waals surface area contributed by atoms with E-state index < -0.39 is 0 Å². The Kier molecular flexibility index (Phi) is 5.58. The Balaban J connectivity index is 1.87. The van der Waals surface area contributed by atoms with Gasteiger partial charge in [-0.05, 0) is 37.1 Å². The fraction of sp³-hybridized carbons (Fsp3) is 0.643. The molecule has 2 rings (SSSR count). The standard InChI is InChI=1S/C14H23N3O/c1-18-10-9-17(12-14-3-2-6-16-14)11-13-4-7-15-8-5-13/h4-5,7-8,14,16H,2-3,6,9-12H2,1H3. The van der Waals surface area contributed by atoms with Crippen LogP contribution in [0.4, 0.5) is 0 Å². The van der Waals surface area contributed by atoms with Crippen molar-refractivity contribution in [3.8, 4) is 0 Å². The molecule has 0 aromatic carbocycles. The van der Waals surface area contributed by atoms with Gasteiger partial charge in [0.1, 0.15) is 0 Å². The van der Waals surface area contributed by atoms with E-state index in [2.05, 4.69) is 27.3 Å². The Hall–Kier alpha value is -0.970. The van der Waals surface area contributed by atoms with Gasteiger partial charge in [0.25, 0.3) is 0 Å². The zero-order chi connectivity index (χ0) is 12.6. The van der Waals surface area contributed by atoms with E-state index in [9.17, 15) is 0 Å². The van der Waals surface area contributed by atoms with Crippen molar-refractivity contribution >= 4 is 0 Å². The minimum atomic E-state index is 0.642. The monoisotopic (exact) mass is 249 g/mol. The summed E-state index contributed by atoms with van der Waals surface area (Å²) in [6.45, 7) is 5.02. The lowest BCUT2D eigenvalue weighted by molar-refractivity contribution is 0.138. The van der Waals surface area contributed by atoms with Crippen molar-refractivity contribution in [2.75, 3.05) is 33.4 Å². The summed E-state index contributed by atoms with van der Waals surface area (Å²) in [5.74, 6) is 0. The number of rotatable bonds is 7. The molecule has 1 N–H and O–H groups in total. The third kappa shape index (κ3) is 4.37. The van der Waals surface area contributed by atoms with Crippen LogP contribution in [0.5, 0.6) is 0 Å². The van der Waals surface area contributed by atoms with Crippen LogP contribution in [0.25, 0.3) is 0 Å². The van der Waals surface area contributed by atoms with Crippen LogP contribution >= 0.6 is 0 Å². The van der Waals surface area contributed by atoms with Crippen molar-refractivity contribution in [2.24, 2.45) is 0 Å². The number of nitrogens with one attached hydrogen (secondary N) is 1. The SMILES string of the molecule is COCCN(Cc1ccncc1)CC1CCCN1. The lowest BCUT2D eigenvalue weighted by atomic mass is 10.2. The topological polar surface area (TPSA) is 37.4 Å². The molecule has 0 radical (unpaired) electrons. The molecule has 0 amide bonds. The number of methoxy groups -OCH3 is 1. The van der Waals surface area contributed by atoms with Gasteiger partial charge < -0.3 is 10.1 Å². The highest BCUT2D eigenvalue weighted by Crippen LogP contribution is 2.10. The molecule has 4 nitrogen and oxygen atoms in total. The number of hydrogen-bond donors (Lipinski definition) is 1. The van der Waals surface area contributed by atoms with Gasteiger partial charge in [-0.15, -0.1) is 0 Å². The molecular formula is C14H23N3O. The summed E-state index contributed by atoms with van der Waals surface area (Å²) in [5.41, 5.74) is 1.32. The van der Waals surface area contributed by atoms with Gasteiger partial charge in [0, 0.05) is 45.2 Å². The van der Waals surface area contributed by atoms with E-state index in [1.165, 1.54) is 18.4 Å². The summed E-state index contributed by atoms with van der Waals surface area (Å²) in [6.07, 6.45) is 6.31. The lowest BCUT2D eigenvalue weighted by Gasteiger charge is -2.25. The fourth-order valence-corrected chi connectivity index (χ4v) is 2.43. The van der Waals surface area contributed by atoms with E-state index in [0.29, 0.717) is 6.04 Å². The summed E-state index contributed by atoms with van der Waals surface area (Å²) in [6, 6.07) is 4.81. The minimum absolute atomic E-state index is 0.642. The van der Waals surface area contributed by atoms with Crippen molar-refractivity contribution in [1.29, 1.82) is 0 Å². The normalized spacial score (nSPS) is 19.6. The second-order valence-electron chi connectivity index (χ2n) is 4.88. The van der Waals surface area contributed by atoms with Gasteiger partial charge in [-0.25, -0.2) is 0 Å². The minimum Gasteiger partial charge on any atom is -0.383 e. The molecule has 2 heterocycles. The quantitative estimate of drug-likeness (QED) is 0.790. The molecule has 4 heteroatoms. The van der Waals surface area contributed by atoms with Gasteiger partial charge in [-0.2, -0.15) is 0 Å². The van der Waals surface area contributed by atoms with E-state index in [-0.39, 0.29) is 0 Å². The maximum atomic E-state index is 5.20. The molecule has 0 saturated carbocycles. The van der Waals surface area contributed by atoms with Gasteiger partial charge in [-0.1, -0.05) is 0 Å². The highest BCUT2D eigenvalue weighted by molar-refractivity contribution is 5.09. The lowest BCUT2D eigenvalue weighted by Crippen LogP contribution is -2.38. The first-order valence-electron chi connectivity index (χ1n) is 6.72. The van der Waals surface area contributed by atoms with E-state index in [1.54, 1.807) is 7.11 Å². The molecule has 1 aliphatic rings. The molecule has 1 aromatic heterocycles. The third-order valence-electron chi connectivity index (χ3n) is 3.41. The zero-order valence-corrected chi connectivity index (χ0v) is 11.1. The first-order valence-corrected chi connectivity index (χ1v) is 6.72. The van der Waals surface area contributed by atoms with Crippen LogP contribution in [0.15, 0.2) is 24.5 Å². The Bertz CT molecular complexity index is 325. The maximum Gasteiger partial charge on any atom is 0.0589 e.